The topological polar surface area (TPSA) is 19.9 Å². The van der Waals surface area contributed by atoms with Crippen LogP contribution in [0.25, 0.3) is 0 Å². The third kappa shape index (κ3) is 2.88. The van der Waals surface area contributed by atoms with Crippen LogP contribution in [0.2, 0.25) is 0 Å². The van der Waals surface area contributed by atoms with Crippen molar-refractivity contribution in [3.8, 4) is 11.8 Å². The van der Waals surface area contributed by atoms with Gasteiger partial charge in [-0.1, -0.05) is 42.2 Å². The first-order chi connectivity index (χ1) is 5.43. The molecule has 0 aliphatic carbocycles. The standard InChI is InChI=1S/C10H9O/c11-9-5-4-8-10-6-2-1-3-7-10/h1-3,6-7H,8-9H2. The lowest BCUT2D eigenvalue weighted by Gasteiger charge is -1.90. The maximum atomic E-state index is 9.95. The van der Waals surface area contributed by atoms with Crippen molar-refractivity contribution in [3.63, 3.8) is 0 Å². The largest absolute Gasteiger partial charge is 0.223 e. The highest BCUT2D eigenvalue weighted by molar-refractivity contribution is 5.20. The molecule has 1 rings (SSSR count). The summed E-state index contributed by atoms with van der Waals surface area (Å²) < 4.78 is 0. The van der Waals surface area contributed by atoms with E-state index in [0.29, 0.717) is 6.42 Å². The van der Waals surface area contributed by atoms with E-state index in [4.69, 9.17) is 0 Å². The number of hydrogen-bond donors (Lipinski definition) is 0. The molecule has 0 amide bonds. The first-order valence-corrected chi connectivity index (χ1v) is 3.51. The van der Waals surface area contributed by atoms with Gasteiger partial charge in [0.1, 0.15) is 6.61 Å². The molecule has 0 fully saturated rings. The van der Waals surface area contributed by atoms with Gasteiger partial charge in [-0.05, 0) is 5.56 Å². The number of rotatable bonds is 1. The van der Waals surface area contributed by atoms with Crippen molar-refractivity contribution in [1.82, 2.24) is 0 Å². The van der Waals surface area contributed by atoms with Crippen LogP contribution in [0.1, 0.15) is 5.56 Å². The summed E-state index contributed by atoms with van der Waals surface area (Å²) in [5.41, 5.74) is 1.16. The zero-order valence-electron chi connectivity index (χ0n) is 6.21. The lowest BCUT2D eigenvalue weighted by Crippen LogP contribution is -1.79. The Balaban J connectivity index is 2.52. The molecule has 0 aliphatic heterocycles. The molecule has 0 saturated carbocycles. The Morgan fingerprint density at radius 2 is 1.82 bits per heavy atom. The molecule has 1 heteroatoms. The van der Waals surface area contributed by atoms with Gasteiger partial charge < -0.3 is 0 Å². The molecule has 0 atom stereocenters. The van der Waals surface area contributed by atoms with Crippen LogP contribution < -0.4 is 0 Å². The van der Waals surface area contributed by atoms with Gasteiger partial charge in [0, 0.05) is 6.42 Å². The second-order valence-corrected chi connectivity index (χ2v) is 2.16. The molecule has 1 radical (unpaired) electrons. The SMILES string of the molecule is [O]CC#CCc1ccccc1. The van der Waals surface area contributed by atoms with Crippen molar-refractivity contribution in [3.05, 3.63) is 35.9 Å². The summed E-state index contributed by atoms with van der Waals surface area (Å²) in [5.74, 6) is 5.28. The van der Waals surface area contributed by atoms with E-state index in [1.807, 2.05) is 30.3 Å². The lowest BCUT2D eigenvalue weighted by molar-refractivity contribution is 0.239. The minimum absolute atomic E-state index is 0.299. The molecule has 1 nitrogen and oxygen atoms in total. The van der Waals surface area contributed by atoms with E-state index >= 15 is 0 Å². The van der Waals surface area contributed by atoms with E-state index in [2.05, 4.69) is 11.8 Å². The average molecular weight is 145 g/mol. The van der Waals surface area contributed by atoms with Crippen molar-refractivity contribution in [2.75, 3.05) is 6.61 Å². The first kappa shape index (κ1) is 7.84. The molecule has 0 aromatic heterocycles. The molecule has 55 valence electrons. The van der Waals surface area contributed by atoms with E-state index < -0.39 is 0 Å². The van der Waals surface area contributed by atoms with E-state index in [0.717, 1.165) is 5.56 Å². The fourth-order valence-electron chi connectivity index (χ4n) is 0.811. The van der Waals surface area contributed by atoms with E-state index in [-0.39, 0.29) is 6.61 Å². The van der Waals surface area contributed by atoms with Crippen molar-refractivity contribution < 1.29 is 5.11 Å². The third-order valence-electron chi connectivity index (χ3n) is 1.33. The molecule has 0 saturated heterocycles. The van der Waals surface area contributed by atoms with Gasteiger partial charge in [0.2, 0.25) is 0 Å². The first-order valence-electron chi connectivity index (χ1n) is 3.51. The Morgan fingerprint density at radius 1 is 1.09 bits per heavy atom. The van der Waals surface area contributed by atoms with Gasteiger partial charge in [-0.15, -0.1) is 0 Å². The van der Waals surface area contributed by atoms with E-state index in [9.17, 15) is 5.11 Å². The van der Waals surface area contributed by atoms with Crippen LogP contribution >= 0.6 is 0 Å². The Bertz CT molecular complexity index is 253. The molecule has 1 aromatic carbocycles. The quantitative estimate of drug-likeness (QED) is 0.536. The summed E-state index contributed by atoms with van der Waals surface area (Å²) in [5, 5.41) is 9.95. The van der Waals surface area contributed by atoms with E-state index in [1.165, 1.54) is 0 Å². The van der Waals surface area contributed by atoms with Gasteiger partial charge in [-0.3, -0.25) is 0 Å². The molecule has 11 heavy (non-hydrogen) atoms. The Hall–Kier alpha value is -1.26. The Labute approximate surface area is 66.7 Å². The summed E-state index contributed by atoms with van der Waals surface area (Å²) in [4.78, 5) is 0. The van der Waals surface area contributed by atoms with Crippen LogP contribution in [0.5, 0.6) is 0 Å². The monoisotopic (exact) mass is 145 g/mol. The molecule has 0 N–H and O–H groups in total. The zero-order chi connectivity index (χ0) is 7.94. The van der Waals surface area contributed by atoms with Crippen molar-refractivity contribution in [2.24, 2.45) is 0 Å². The van der Waals surface area contributed by atoms with Crippen LogP contribution in [-0.2, 0) is 11.5 Å². The molecule has 0 unspecified atom stereocenters. The van der Waals surface area contributed by atoms with Gasteiger partial charge in [0.05, 0.1) is 0 Å². The Morgan fingerprint density at radius 3 is 2.45 bits per heavy atom. The molecule has 0 heterocycles. The van der Waals surface area contributed by atoms with Crippen LogP contribution in [0, 0.1) is 11.8 Å². The summed E-state index contributed by atoms with van der Waals surface area (Å²) in [6, 6.07) is 9.89. The lowest BCUT2D eigenvalue weighted by atomic mass is 10.2. The number of hydrogen-bond acceptors (Lipinski definition) is 0. The van der Waals surface area contributed by atoms with Gasteiger partial charge in [0.25, 0.3) is 0 Å². The van der Waals surface area contributed by atoms with Crippen molar-refractivity contribution >= 4 is 0 Å². The van der Waals surface area contributed by atoms with Crippen LogP contribution in [0.4, 0.5) is 0 Å². The summed E-state index contributed by atoms with van der Waals surface area (Å²) >= 11 is 0. The van der Waals surface area contributed by atoms with Gasteiger partial charge in [-0.2, -0.15) is 0 Å². The van der Waals surface area contributed by atoms with Gasteiger partial charge in [-0.25, -0.2) is 5.11 Å². The Kier molecular flexibility index (Phi) is 3.24. The highest BCUT2D eigenvalue weighted by Crippen LogP contribution is 1.97. The molecular weight excluding hydrogens is 136 g/mol. The predicted molar refractivity (Wildman–Crippen MR) is 43.5 cm³/mol. The maximum Gasteiger partial charge on any atom is 0.143 e. The predicted octanol–water partition coefficient (Wildman–Crippen LogP) is 1.66. The molecule has 0 spiro atoms. The smallest absolute Gasteiger partial charge is 0.143 e. The van der Waals surface area contributed by atoms with E-state index in [1.54, 1.807) is 0 Å². The van der Waals surface area contributed by atoms with Gasteiger partial charge >= 0.3 is 0 Å². The zero-order valence-corrected chi connectivity index (χ0v) is 6.21. The summed E-state index contributed by atoms with van der Waals surface area (Å²) in [6.45, 7) is -0.299. The minimum atomic E-state index is -0.299. The van der Waals surface area contributed by atoms with Crippen LogP contribution in [-0.4, -0.2) is 6.61 Å². The highest BCUT2D eigenvalue weighted by atomic mass is 16.2. The second-order valence-electron chi connectivity index (χ2n) is 2.16. The fraction of sp³-hybridized carbons (Fsp3) is 0.200. The second kappa shape index (κ2) is 4.54. The molecule has 1 aromatic rings. The van der Waals surface area contributed by atoms with Gasteiger partial charge in [0.15, 0.2) is 0 Å². The maximum absolute atomic E-state index is 9.95. The third-order valence-corrected chi connectivity index (χ3v) is 1.33. The summed E-state index contributed by atoms with van der Waals surface area (Å²) in [6.07, 6.45) is 0.684. The number of benzene rings is 1. The normalized spacial score (nSPS) is 8.45. The molecular formula is C10H9O. The van der Waals surface area contributed by atoms with Crippen LogP contribution in [0.15, 0.2) is 30.3 Å². The van der Waals surface area contributed by atoms with Crippen LogP contribution in [0.3, 0.4) is 0 Å². The van der Waals surface area contributed by atoms with Crippen molar-refractivity contribution in [2.45, 2.75) is 6.42 Å². The average Bonchev–Trinajstić information content (AvgIpc) is 2.07. The minimum Gasteiger partial charge on any atom is -0.223 e. The molecule has 0 bridgehead atoms. The summed E-state index contributed by atoms with van der Waals surface area (Å²) in [7, 11) is 0. The fourth-order valence-corrected chi connectivity index (χ4v) is 0.811. The molecule has 0 aliphatic rings. The highest BCUT2D eigenvalue weighted by Gasteiger charge is 1.83. The van der Waals surface area contributed by atoms with Crippen molar-refractivity contribution in [1.29, 1.82) is 0 Å².